The largest absolute Gasteiger partial charge is 0.382 e. The molecule has 0 atom stereocenters. The lowest BCUT2D eigenvalue weighted by atomic mass is 9.87. The summed E-state index contributed by atoms with van der Waals surface area (Å²) in [5.74, 6) is 1.73. The maximum absolute atomic E-state index is 12.3. The fourth-order valence-electron chi connectivity index (χ4n) is 2.83. The minimum Gasteiger partial charge on any atom is -0.382 e. The van der Waals surface area contributed by atoms with Gasteiger partial charge >= 0.3 is 0 Å². The first-order valence-corrected chi connectivity index (χ1v) is 8.48. The Labute approximate surface area is 131 Å². The van der Waals surface area contributed by atoms with Gasteiger partial charge in [-0.3, -0.25) is 4.79 Å². The van der Waals surface area contributed by atoms with Crippen LogP contribution in [0.5, 0.6) is 0 Å². The van der Waals surface area contributed by atoms with E-state index in [4.69, 9.17) is 5.73 Å². The molecule has 1 aromatic heterocycles. The lowest BCUT2D eigenvalue weighted by Gasteiger charge is -2.34. The molecule has 6 heteroatoms. The molecule has 0 radical (unpaired) electrons. The number of piperidine rings is 1. The minimum absolute atomic E-state index is 0.0938. The second kappa shape index (κ2) is 6.64. The molecule has 1 aliphatic heterocycles. The van der Waals surface area contributed by atoms with E-state index in [9.17, 15) is 4.79 Å². The molecule has 1 fully saturated rings. The molecule has 118 valence electrons. The van der Waals surface area contributed by atoms with Crippen molar-refractivity contribution in [2.24, 2.45) is 11.8 Å². The molecule has 1 amide bonds. The Morgan fingerprint density at radius 3 is 2.48 bits per heavy atom. The van der Waals surface area contributed by atoms with Crippen molar-refractivity contribution in [1.29, 1.82) is 0 Å². The Morgan fingerprint density at radius 1 is 1.33 bits per heavy atom. The lowest BCUT2D eigenvalue weighted by molar-refractivity contribution is 0.0944. The van der Waals surface area contributed by atoms with Crippen molar-refractivity contribution in [3.8, 4) is 0 Å². The minimum atomic E-state index is -0.114. The Morgan fingerprint density at radius 2 is 1.95 bits per heavy atom. The summed E-state index contributed by atoms with van der Waals surface area (Å²) in [6.07, 6.45) is 2.33. The number of amides is 1. The van der Waals surface area contributed by atoms with Crippen molar-refractivity contribution in [3.63, 3.8) is 0 Å². The lowest BCUT2D eigenvalue weighted by Crippen LogP contribution is -2.37. The summed E-state index contributed by atoms with van der Waals surface area (Å²) in [5, 5.41) is 3.84. The molecule has 0 unspecified atom stereocenters. The second-order valence-corrected chi connectivity index (χ2v) is 7.20. The summed E-state index contributed by atoms with van der Waals surface area (Å²) in [6.45, 7) is 10.4. The Bertz CT molecular complexity index is 490. The first-order chi connectivity index (χ1) is 9.90. The maximum atomic E-state index is 12.3. The zero-order chi connectivity index (χ0) is 15.6. The van der Waals surface area contributed by atoms with E-state index in [1.54, 1.807) is 0 Å². The molecule has 2 heterocycles. The van der Waals surface area contributed by atoms with E-state index in [1.807, 2.05) is 13.8 Å². The van der Waals surface area contributed by atoms with Gasteiger partial charge in [0.05, 0.1) is 0 Å². The highest BCUT2D eigenvalue weighted by Gasteiger charge is 2.28. The summed E-state index contributed by atoms with van der Waals surface area (Å²) in [5.41, 5.74) is 6.46. The van der Waals surface area contributed by atoms with Gasteiger partial charge in [0.2, 0.25) is 0 Å². The Hall–Kier alpha value is -1.30. The Kier molecular flexibility index (Phi) is 5.08. The van der Waals surface area contributed by atoms with Gasteiger partial charge in [-0.2, -0.15) is 4.37 Å². The van der Waals surface area contributed by atoms with Gasteiger partial charge in [0, 0.05) is 19.1 Å². The number of nitrogens with zero attached hydrogens (tertiary/aromatic N) is 2. The van der Waals surface area contributed by atoms with Crippen LogP contribution in [0.2, 0.25) is 0 Å². The molecule has 1 aliphatic rings. The molecule has 0 spiro atoms. The van der Waals surface area contributed by atoms with Gasteiger partial charge in [-0.15, -0.1) is 0 Å². The van der Waals surface area contributed by atoms with Crippen molar-refractivity contribution in [1.82, 2.24) is 9.69 Å². The summed E-state index contributed by atoms with van der Waals surface area (Å²) in [4.78, 5) is 14.6. The van der Waals surface area contributed by atoms with Crippen LogP contribution < -0.4 is 16.0 Å². The van der Waals surface area contributed by atoms with Crippen LogP contribution in [0.3, 0.4) is 0 Å². The molecule has 0 aliphatic carbocycles. The van der Waals surface area contributed by atoms with Crippen LogP contribution in [-0.4, -0.2) is 29.4 Å². The fourth-order valence-corrected chi connectivity index (χ4v) is 3.69. The van der Waals surface area contributed by atoms with E-state index >= 15 is 0 Å². The first-order valence-electron chi connectivity index (χ1n) is 7.71. The first kappa shape index (κ1) is 16.1. The van der Waals surface area contributed by atoms with Gasteiger partial charge in [0.25, 0.3) is 5.91 Å². The molecule has 1 saturated heterocycles. The summed E-state index contributed by atoms with van der Waals surface area (Å²) >= 11 is 1.34. The van der Waals surface area contributed by atoms with Crippen molar-refractivity contribution in [3.05, 3.63) is 5.56 Å². The molecule has 3 N–H and O–H groups in total. The zero-order valence-electron chi connectivity index (χ0n) is 13.3. The molecule has 2 rings (SSSR count). The van der Waals surface area contributed by atoms with Crippen LogP contribution in [0.4, 0.5) is 10.8 Å². The van der Waals surface area contributed by atoms with Crippen LogP contribution in [0, 0.1) is 11.8 Å². The molecule has 0 saturated carbocycles. The van der Waals surface area contributed by atoms with Crippen molar-refractivity contribution in [2.45, 2.75) is 46.6 Å². The van der Waals surface area contributed by atoms with Gasteiger partial charge in [-0.1, -0.05) is 13.8 Å². The molecule has 0 bridgehead atoms. The molecule has 5 nitrogen and oxygen atoms in total. The monoisotopic (exact) mass is 310 g/mol. The van der Waals surface area contributed by atoms with E-state index in [0.29, 0.717) is 11.4 Å². The van der Waals surface area contributed by atoms with Crippen molar-refractivity contribution < 1.29 is 4.79 Å². The smallest absolute Gasteiger partial charge is 0.258 e. The fraction of sp³-hybridized carbons (Fsp3) is 0.733. The number of nitrogen functional groups attached to an aromatic ring is 1. The van der Waals surface area contributed by atoms with Crippen molar-refractivity contribution in [2.75, 3.05) is 23.7 Å². The molecule has 21 heavy (non-hydrogen) atoms. The van der Waals surface area contributed by atoms with Gasteiger partial charge in [-0.05, 0) is 50.1 Å². The number of nitrogens with one attached hydrogen (secondary N) is 1. The number of carbonyl (C=O) groups excluding carboxylic acids is 1. The zero-order valence-corrected chi connectivity index (χ0v) is 14.2. The number of hydrogen-bond acceptors (Lipinski definition) is 5. The number of anilines is 2. The van der Waals surface area contributed by atoms with E-state index in [2.05, 4.69) is 28.4 Å². The van der Waals surface area contributed by atoms with E-state index < -0.39 is 0 Å². The Balaban J connectivity index is 2.13. The number of rotatable bonds is 4. The molecular formula is C15H26N4OS. The summed E-state index contributed by atoms with van der Waals surface area (Å²) in [6, 6.07) is 0.0938. The summed E-state index contributed by atoms with van der Waals surface area (Å²) < 4.78 is 4.19. The number of hydrogen-bond donors (Lipinski definition) is 2. The van der Waals surface area contributed by atoms with Crippen molar-refractivity contribution >= 4 is 28.3 Å². The second-order valence-electron chi connectivity index (χ2n) is 6.44. The molecular weight excluding hydrogens is 284 g/mol. The molecule has 1 aromatic rings. The van der Waals surface area contributed by atoms with E-state index in [0.717, 1.165) is 29.9 Å². The van der Waals surface area contributed by atoms with Gasteiger partial charge in [0.15, 0.2) is 5.82 Å². The predicted octanol–water partition coefficient (Wildman–Crippen LogP) is 2.74. The highest BCUT2D eigenvalue weighted by molar-refractivity contribution is 7.11. The third-order valence-electron chi connectivity index (χ3n) is 4.12. The topological polar surface area (TPSA) is 71.2 Å². The number of nitrogens with two attached hydrogens (primary N) is 1. The molecule has 0 aromatic carbocycles. The third kappa shape index (κ3) is 3.67. The van der Waals surface area contributed by atoms with Gasteiger partial charge < -0.3 is 16.0 Å². The standard InChI is InChI=1S/C15H26N4OS/c1-9(2)11-5-7-19(8-6-11)15-12(13(16)18-21-15)14(20)17-10(3)4/h9-11H,5-8H2,1-4H3,(H2,16,18)(H,17,20). The third-order valence-corrected chi connectivity index (χ3v) is 5.04. The predicted molar refractivity (Wildman–Crippen MR) is 88.9 cm³/mol. The maximum Gasteiger partial charge on any atom is 0.258 e. The number of aromatic nitrogens is 1. The average molecular weight is 310 g/mol. The van der Waals surface area contributed by atoms with Gasteiger partial charge in [-0.25, -0.2) is 0 Å². The number of carbonyl (C=O) groups is 1. The average Bonchev–Trinajstić information content (AvgIpc) is 2.80. The highest BCUT2D eigenvalue weighted by Crippen LogP contribution is 2.34. The normalized spacial score (nSPS) is 16.8. The van der Waals surface area contributed by atoms with Crippen LogP contribution in [0.25, 0.3) is 0 Å². The van der Waals surface area contributed by atoms with Crippen LogP contribution >= 0.6 is 11.5 Å². The van der Waals surface area contributed by atoms with Crippen LogP contribution in [0.15, 0.2) is 0 Å². The van der Waals surface area contributed by atoms with E-state index in [1.165, 1.54) is 24.4 Å². The highest BCUT2D eigenvalue weighted by atomic mass is 32.1. The van der Waals surface area contributed by atoms with Gasteiger partial charge in [0.1, 0.15) is 10.6 Å². The SMILES string of the molecule is CC(C)NC(=O)c1c(N)nsc1N1CCC(C(C)C)CC1. The van der Waals surface area contributed by atoms with E-state index in [-0.39, 0.29) is 11.9 Å². The van der Waals surface area contributed by atoms with Crippen LogP contribution in [0.1, 0.15) is 50.9 Å². The summed E-state index contributed by atoms with van der Waals surface area (Å²) in [7, 11) is 0. The quantitative estimate of drug-likeness (QED) is 0.897. The van der Waals surface area contributed by atoms with Crippen LogP contribution in [-0.2, 0) is 0 Å².